The molecule has 0 saturated heterocycles. The zero-order chi connectivity index (χ0) is 15.4. The lowest BCUT2D eigenvalue weighted by Gasteiger charge is -2.05. The molecule has 3 rings (SSSR count). The van der Waals surface area contributed by atoms with Gasteiger partial charge in [0.2, 0.25) is 5.91 Å². The van der Waals surface area contributed by atoms with Crippen LogP contribution in [0.4, 0.5) is 0 Å². The molecule has 2 aromatic rings. The molecule has 126 valence electrons. The van der Waals surface area contributed by atoms with Crippen molar-refractivity contribution in [1.29, 1.82) is 0 Å². The Balaban J connectivity index is 0.00000192. The van der Waals surface area contributed by atoms with Crippen LogP contribution in [0.2, 0.25) is 0 Å². The smallest absolute Gasteiger partial charge is 0.233 e. The molecule has 4 nitrogen and oxygen atoms in total. The Kier molecular flexibility index (Phi) is 7.02. The van der Waals surface area contributed by atoms with E-state index in [4.69, 9.17) is 0 Å². The number of aromatic nitrogens is 1. The third kappa shape index (κ3) is 5.88. The lowest BCUT2D eigenvalue weighted by Crippen LogP contribution is -2.35. The summed E-state index contributed by atoms with van der Waals surface area (Å²) < 4.78 is 0. The number of rotatable bonds is 8. The summed E-state index contributed by atoms with van der Waals surface area (Å²) >= 11 is 3.43. The third-order valence-corrected chi connectivity index (χ3v) is 5.58. The number of carbonyl (C=O) groups excluding carboxylic acids is 1. The fraction of sp³-hybridized carbons (Fsp3) is 0.500. The fourth-order valence-corrected chi connectivity index (χ4v) is 3.88. The first-order valence-electron chi connectivity index (χ1n) is 7.69. The van der Waals surface area contributed by atoms with E-state index >= 15 is 0 Å². The first-order valence-corrected chi connectivity index (χ1v) is 9.39. The largest absolute Gasteiger partial charge is 0.355 e. The summed E-state index contributed by atoms with van der Waals surface area (Å²) in [6, 6.07) is 4.25. The lowest BCUT2D eigenvalue weighted by atomic mass is 10.3. The summed E-state index contributed by atoms with van der Waals surface area (Å²) in [4.78, 5) is 18.7. The Morgan fingerprint density at radius 2 is 2.22 bits per heavy atom. The first kappa shape index (κ1) is 18.4. The van der Waals surface area contributed by atoms with E-state index in [1.165, 1.54) is 22.6 Å². The predicted octanol–water partition coefficient (Wildman–Crippen LogP) is 3.26. The van der Waals surface area contributed by atoms with Crippen molar-refractivity contribution in [3.63, 3.8) is 0 Å². The van der Waals surface area contributed by atoms with Crippen molar-refractivity contribution < 1.29 is 4.79 Å². The van der Waals surface area contributed by atoms with Crippen LogP contribution >= 0.6 is 35.1 Å². The molecule has 2 heterocycles. The molecule has 0 radical (unpaired) electrons. The number of nitrogens with one attached hydrogen (secondary N) is 2. The molecule has 2 aromatic heterocycles. The topological polar surface area (TPSA) is 54.0 Å². The number of halogens is 1. The molecule has 1 fully saturated rings. The number of thiazole rings is 1. The van der Waals surface area contributed by atoms with Gasteiger partial charge in [0.1, 0.15) is 0 Å². The van der Waals surface area contributed by atoms with Gasteiger partial charge >= 0.3 is 0 Å². The van der Waals surface area contributed by atoms with Gasteiger partial charge in [0.05, 0.1) is 22.1 Å². The van der Waals surface area contributed by atoms with Gasteiger partial charge < -0.3 is 10.6 Å². The number of carbonyl (C=O) groups is 1. The number of nitrogens with zero attached hydrogens (tertiary/aromatic N) is 1. The molecule has 0 spiro atoms. The molecule has 1 saturated carbocycles. The maximum Gasteiger partial charge on any atom is 0.233 e. The maximum atomic E-state index is 11.7. The van der Waals surface area contributed by atoms with Crippen molar-refractivity contribution in [3.05, 3.63) is 27.4 Å². The fourth-order valence-electron chi connectivity index (χ4n) is 2.23. The molecule has 1 amide bonds. The molecule has 0 aliphatic heterocycles. The van der Waals surface area contributed by atoms with Gasteiger partial charge in [-0.3, -0.25) is 4.79 Å². The highest BCUT2D eigenvalue weighted by molar-refractivity contribution is 7.16. The van der Waals surface area contributed by atoms with E-state index in [0.717, 1.165) is 29.6 Å². The van der Waals surface area contributed by atoms with Crippen LogP contribution in [0, 0.1) is 12.8 Å². The number of hydrogen-bond donors (Lipinski definition) is 2. The summed E-state index contributed by atoms with van der Waals surface area (Å²) in [5, 5.41) is 9.37. The van der Waals surface area contributed by atoms with E-state index in [2.05, 4.69) is 33.1 Å². The van der Waals surface area contributed by atoms with Crippen LogP contribution in [-0.4, -0.2) is 30.5 Å². The van der Waals surface area contributed by atoms with E-state index in [9.17, 15) is 4.79 Å². The van der Waals surface area contributed by atoms with Crippen molar-refractivity contribution >= 4 is 41.0 Å². The molecule has 0 bridgehead atoms. The van der Waals surface area contributed by atoms with Crippen LogP contribution < -0.4 is 10.6 Å². The second-order valence-electron chi connectivity index (χ2n) is 5.69. The number of amides is 1. The zero-order valence-corrected chi connectivity index (χ0v) is 15.6. The van der Waals surface area contributed by atoms with E-state index in [-0.39, 0.29) is 18.3 Å². The molecular formula is C16H22ClN3OS2. The minimum absolute atomic E-state index is 0. The Morgan fingerprint density at radius 3 is 2.91 bits per heavy atom. The summed E-state index contributed by atoms with van der Waals surface area (Å²) in [5.74, 6) is 0.902. The minimum Gasteiger partial charge on any atom is -0.355 e. The highest BCUT2D eigenvalue weighted by atomic mass is 35.5. The minimum atomic E-state index is 0. The second kappa shape index (κ2) is 8.78. The van der Waals surface area contributed by atoms with Gasteiger partial charge in [-0.2, -0.15) is 0 Å². The highest BCUT2D eigenvalue weighted by Crippen LogP contribution is 2.29. The van der Waals surface area contributed by atoms with Crippen LogP contribution in [0.5, 0.6) is 0 Å². The Morgan fingerprint density at radius 1 is 1.39 bits per heavy atom. The summed E-state index contributed by atoms with van der Waals surface area (Å²) in [6.45, 7) is 4.13. The summed E-state index contributed by atoms with van der Waals surface area (Å²) in [5.41, 5.74) is 1.06. The monoisotopic (exact) mass is 371 g/mol. The molecule has 0 unspecified atom stereocenters. The molecule has 1 aliphatic carbocycles. The number of thiophene rings is 1. The summed E-state index contributed by atoms with van der Waals surface area (Å²) in [6.07, 6.45) is 3.50. The number of aryl methyl sites for hydroxylation is 1. The summed E-state index contributed by atoms with van der Waals surface area (Å²) in [7, 11) is 0. The third-order valence-electron chi connectivity index (χ3n) is 3.64. The van der Waals surface area contributed by atoms with Crippen molar-refractivity contribution in [2.75, 3.05) is 19.6 Å². The Labute approximate surface area is 151 Å². The van der Waals surface area contributed by atoms with Gasteiger partial charge in [-0.1, -0.05) is 0 Å². The second-order valence-corrected chi connectivity index (χ2v) is 7.92. The van der Waals surface area contributed by atoms with E-state index < -0.39 is 0 Å². The molecule has 0 atom stereocenters. The molecule has 0 aromatic carbocycles. The normalized spacial score (nSPS) is 13.6. The average molecular weight is 372 g/mol. The number of hydrogen-bond acceptors (Lipinski definition) is 5. The molecule has 7 heteroatoms. The molecular weight excluding hydrogens is 350 g/mol. The van der Waals surface area contributed by atoms with Gasteiger partial charge in [0, 0.05) is 16.8 Å². The van der Waals surface area contributed by atoms with E-state index in [1.807, 2.05) is 6.92 Å². The Bertz CT molecular complexity index is 637. The molecule has 23 heavy (non-hydrogen) atoms. The van der Waals surface area contributed by atoms with Crippen molar-refractivity contribution in [2.24, 2.45) is 5.92 Å². The molecule has 2 N–H and O–H groups in total. The predicted molar refractivity (Wildman–Crippen MR) is 99.7 cm³/mol. The first-order chi connectivity index (χ1) is 10.7. The van der Waals surface area contributed by atoms with Crippen molar-refractivity contribution in [2.45, 2.75) is 26.2 Å². The van der Waals surface area contributed by atoms with E-state index in [0.29, 0.717) is 13.1 Å². The zero-order valence-electron chi connectivity index (χ0n) is 13.1. The quantitative estimate of drug-likeness (QED) is 0.748. The van der Waals surface area contributed by atoms with Gasteiger partial charge in [-0.15, -0.1) is 35.1 Å². The van der Waals surface area contributed by atoms with Gasteiger partial charge in [-0.25, -0.2) is 4.98 Å². The van der Waals surface area contributed by atoms with Crippen LogP contribution in [0.1, 0.15) is 22.7 Å². The van der Waals surface area contributed by atoms with Crippen LogP contribution in [0.15, 0.2) is 17.5 Å². The maximum absolute atomic E-state index is 11.7. The van der Waals surface area contributed by atoms with Crippen molar-refractivity contribution in [1.82, 2.24) is 15.6 Å². The average Bonchev–Trinajstić information content (AvgIpc) is 3.02. The van der Waals surface area contributed by atoms with Crippen LogP contribution in [0.3, 0.4) is 0 Å². The van der Waals surface area contributed by atoms with E-state index in [1.54, 1.807) is 22.7 Å². The van der Waals surface area contributed by atoms with Gasteiger partial charge in [-0.05, 0) is 50.8 Å². The van der Waals surface area contributed by atoms with Crippen LogP contribution in [-0.2, 0) is 11.2 Å². The van der Waals surface area contributed by atoms with Gasteiger partial charge in [0.25, 0.3) is 0 Å². The SMILES string of the molecule is Cc1nc(-c2ccc(CCNC(=O)CNCC3CC3)s2)cs1.Cl. The Hall–Kier alpha value is -0.950. The molecule has 1 aliphatic rings. The highest BCUT2D eigenvalue weighted by Gasteiger charge is 2.20. The van der Waals surface area contributed by atoms with Crippen LogP contribution in [0.25, 0.3) is 10.6 Å². The van der Waals surface area contributed by atoms with Crippen molar-refractivity contribution in [3.8, 4) is 10.6 Å². The van der Waals surface area contributed by atoms with Gasteiger partial charge in [0.15, 0.2) is 0 Å². The lowest BCUT2D eigenvalue weighted by molar-refractivity contribution is -0.120. The standard InChI is InChI=1S/C16H21N3OS2.ClH/c1-11-19-14(10-21-11)15-5-4-13(22-15)6-7-18-16(20)9-17-8-12-2-3-12;/h4-5,10,12,17H,2-3,6-9H2,1H3,(H,18,20);1H.